The van der Waals surface area contributed by atoms with Crippen LogP contribution < -0.4 is 5.73 Å². The number of likely N-dealkylation sites (tertiary alicyclic amines) is 1. The van der Waals surface area contributed by atoms with E-state index in [0.29, 0.717) is 0 Å². The first-order valence-electron chi connectivity index (χ1n) is 5.79. The average Bonchev–Trinajstić information content (AvgIpc) is 2.54. The Morgan fingerprint density at radius 2 is 1.77 bits per heavy atom. The van der Waals surface area contributed by atoms with Crippen LogP contribution in [0.4, 0.5) is 0 Å². The molecule has 0 radical (unpaired) electrons. The monoisotopic (exact) mass is 184 g/mol. The van der Waals surface area contributed by atoms with Crippen LogP contribution in [0.5, 0.6) is 0 Å². The molecular weight excluding hydrogens is 160 g/mol. The fourth-order valence-corrected chi connectivity index (χ4v) is 1.83. The van der Waals surface area contributed by atoms with Gasteiger partial charge in [-0.1, -0.05) is 13.3 Å². The highest BCUT2D eigenvalue weighted by atomic mass is 15.1. The smallest absolute Gasteiger partial charge is 0.00184 e. The van der Waals surface area contributed by atoms with Gasteiger partial charge in [0.1, 0.15) is 0 Å². The molecule has 0 atom stereocenters. The summed E-state index contributed by atoms with van der Waals surface area (Å²) in [4.78, 5) is 2.49. The largest absolute Gasteiger partial charge is 0.330 e. The van der Waals surface area contributed by atoms with Crippen molar-refractivity contribution in [3.63, 3.8) is 0 Å². The van der Waals surface area contributed by atoms with Gasteiger partial charge in [0.25, 0.3) is 0 Å². The Kier molecular flexibility index (Phi) is 5.40. The van der Waals surface area contributed by atoms with Crippen molar-refractivity contribution in [2.24, 2.45) is 11.7 Å². The van der Waals surface area contributed by atoms with Crippen molar-refractivity contribution in [1.29, 1.82) is 0 Å². The van der Waals surface area contributed by atoms with E-state index in [-0.39, 0.29) is 0 Å². The molecular formula is C11H24N2. The second-order valence-electron chi connectivity index (χ2n) is 4.17. The molecule has 2 fully saturated rings. The Morgan fingerprint density at radius 3 is 1.92 bits per heavy atom. The van der Waals surface area contributed by atoms with Gasteiger partial charge in [-0.3, -0.25) is 0 Å². The highest BCUT2D eigenvalue weighted by molar-refractivity contribution is 4.68. The standard InChI is InChI=1S/C6H13N.C5H11N/c1-2-7-5-3-4-6-7;6-4-5-2-1-3-5/h2-6H2,1H3;5H,1-4,6H2. The van der Waals surface area contributed by atoms with Crippen LogP contribution in [-0.2, 0) is 0 Å². The van der Waals surface area contributed by atoms with Crippen molar-refractivity contribution in [3.05, 3.63) is 0 Å². The minimum atomic E-state index is 0.894. The SMILES string of the molecule is CCN1CCCC1.NCC1CCC1. The van der Waals surface area contributed by atoms with Crippen LogP contribution in [-0.4, -0.2) is 31.1 Å². The fourth-order valence-electron chi connectivity index (χ4n) is 1.83. The number of hydrogen-bond donors (Lipinski definition) is 1. The van der Waals surface area contributed by atoms with E-state index >= 15 is 0 Å². The number of hydrogen-bond acceptors (Lipinski definition) is 2. The zero-order chi connectivity index (χ0) is 9.52. The highest BCUT2D eigenvalue weighted by Gasteiger charge is 2.13. The highest BCUT2D eigenvalue weighted by Crippen LogP contribution is 2.24. The number of nitrogens with two attached hydrogens (primary N) is 1. The molecule has 0 aromatic carbocycles. The molecule has 1 saturated heterocycles. The van der Waals surface area contributed by atoms with E-state index in [4.69, 9.17) is 5.73 Å². The molecule has 2 heteroatoms. The second-order valence-corrected chi connectivity index (χ2v) is 4.17. The van der Waals surface area contributed by atoms with Crippen LogP contribution >= 0.6 is 0 Å². The first kappa shape index (κ1) is 11.0. The van der Waals surface area contributed by atoms with Crippen LogP contribution in [0.2, 0.25) is 0 Å². The van der Waals surface area contributed by atoms with Crippen LogP contribution in [0.25, 0.3) is 0 Å². The van der Waals surface area contributed by atoms with Gasteiger partial charge in [-0.05, 0) is 57.8 Å². The van der Waals surface area contributed by atoms with Crippen LogP contribution in [0, 0.1) is 5.92 Å². The normalized spacial score (nSPS) is 23.5. The zero-order valence-electron chi connectivity index (χ0n) is 8.97. The Hall–Kier alpha value is -0.0800. The molecule has 78 valence electrons. The maximum atomic E-state index is 5.33. The van der Waals surface area contributed by atoms with Crippen molar-refractivity contribution < 1.29 is 0 Å². The van der Waals surface area contributed by atoms with Gasteiger partial charge in [-0.25, -0.2) is 0 Å². The van der Waals surface area contributed by atoms with Gasteiger partial charge in [0.15, 0.2) is 0 Å². The predicted octanol–water partition coefficient (Wildman–Crippen LogP) is 1.85. The van der Waals surface area contributed by atoms with Gasteiger partial charge in [-0.2, -0.15) is 0 Å². The van der Waals surface area contributed by atoms with Crippen molar-refractivity contribution in [3.8, 4) is 0 Å². The maximum Gasteiger partial charge on any atom is -0.00184 e. The minimum Gasteiger partial charge on any atom is -0.330 e. The van der Waals surface area contributed by atoms with Gasteiger partial charge >= 0.3 is 0 Å². The van der Waals surface area contributed by atoms with E-state index in [0.717, 1.165) is 12.5 Å². The van der Waals surface area contributed by atoms with Gasteiger partial charge in [0.05, 0.1) is 0 Å². The first-order valence-corrected chi connectivity index (χ1v) is 5.79. The third-order valence-electron chi connectivity index (χ3n) is 3.20. The molecule has 0 aromatic heterocycles. The van der Waals surface area contributed by atoms with E-state index in [9.17, 15) is 0 Å². The molecule has 1 heterocycles. The van der Waals surface area contributed by atoms with Crippen LogP contribution in [0.3, 0.4) is 0 Å². The lowest BCUT2D eigenvalue weighted by Gasteiger charge is -2.22. The molecule has 1 saturated carbocycles. The molecule has 0 aromatic rings. The van der Waals surface area contributed by atoms with Gasteiger partial charge in [-0.15, -0.1) is 0 Å². The molecule has 1 aliphatic carbocycles. The average molecular weight is 184 g/mol. The van der Waals surface area contributed by atoms with E-state index in [2.05, 4.69) is 11.8 Å². The molecule has 2 rings (SSSR count). The summed E-state index contributed by atoms with van der Waals surface area (Å²) in [6, 6.07) is 0. The summed E-state index contributed by atoms with van der Waals surface area (Å²) in [5.74, 6) is 0.894. The lowest BCUT2D eigenvalue weighted by atomic mass is 9.86. The summed E-state index contributed by atoms with van der Waals surface area (Å²) in [6.07, 6.45) is 7.04. The Balaban J connectivity index is 0.000000132. The Morgan fingerprint density at radius 1 is 1.15 bits per heavy atom. The summed E-state index contributed by atoms with van der Waals surface area (Å²) in [7, 11) is 0. The third kappa shape index (κ3) is 4.10. The maximum absolute atomic E-state index is 5.33. The van der Waals surface area contributed by atoms with Crippen LogP contribution in [0.15, 0.2) is 0 Å². The summed E-state index contributed by atoms with van der Waals surface area (Å²) in [6.45, 7) is 7.08. The van der Waals surface area contributed by atoms with E-state index < -0.39 is 0 Å². The molecule has 2 aliphatic rings. The lowest BCUT2D eigenvalue weighted by molar-refractivity contribution is 0.325. The fraction of sp³-hybridized carbons (Fsp3) is 1.00. The molecule has 1 aliphatic heterocycles. The van der Waals surface area contributed by atoms with Gasteiger partial charge < -0.3 is 10.6 Å². The first-order chi connectivity index (χ1) is 6.36. The zero-order valence-corrected chi connectivity index (χ0v) is 8.97. The Labute approximate surface area is 82.5 Å². The topological polar surface area (TPSA) is 29.3 Å². The van der Waals surface area contributed by atoms with Crippen molar-refractivity contribution >= 4 is 0 Å². The predicted molar refractivity (Wildman–Crippen MR) is 57.7 cm³/mol. The molecule has 0 amide bonds. The molecule has 0 bridgehead atoms. The van der Waals surface area contributed by atoms with Gasteiger partial charge in [0.2, 0.25) is 0 Å². The van der Waals surface area contributed by atoms with E-state index in [1.807, 2.05) is 0 Å². The summed E-state index contributed by atoms with van der Waals surface area (Å²) in [5.41, 5.74) is 5.33. The van der Waals surface area contributed by atoms with Crippen molar-refractivity contribution in [2.45, 2.75) is 39.0 Å². The summed E-state index contributed by atoms with van der Waals surface area (Å²) >= 11 is 0. The molecule has 0 unspecified atom stereocenters. The number of nitrogens with zero attached hydrogens (tertiary/aromatic N) is 1. The molecule has 0 spiro atoms. The Bertz CT molecular complexity index is 113. The molecule has 2 nitrogen and oxygen atoms in total. The third-order valence-corrected chi connectivity index (χ3v) is 3.20. The number of rotatable bonds is 2. The summed E-state index contributed by atoms with van der Waals surface area (Å²) < 4.78 is 0. The quantitative estimate of drug-likeness (QED) is 0.709. The van der Waals surface area contributed by atoms with Crippen LogP contribution in [0.1, 0.15) is 39.0 Å². The minimum absolute atomic E-state index is 0.894. The van der Waals surface area contributed by atoms with Gasteiger partial charge in [0, 0.05) is 0 Å². The van der Waals surface area contributed by atoms with Crippen molar-refractivity contribution in [1.82, 2.24) is 4.90 Å². The van der Waals surface area contributed by atoms with E-state index in [1.165, 1.54) is 51.7 Å². The molecule has 13 heavy (non-hydrogen) atoms. The van der Waals surface area contributed by atoms with E-state index in [1.54, 1.807) is 0 Å². The lowest BCUT2D eigenvalue weighted by Crippen LogP contribution is -2.20. The second kappa shape index (κ2) is 6.39. The van der Waals surface area contributed by atoms with Crippen molar-refractivity contribution in [2.75, 3.05) is 26.2 Å². The molecule has 2 N–H and O–H groups in total. The summed E-state index contributed by atoms with van der Waals surface area (Å²) in [5, 5.41) is 0.